The first-order valence-corrected chi connectivity index (χ1v) is 7.46. The van der Waals surface area contributed by atoms with Gasteiger partial charge in [-0.25, -0.2) is 0 Å². The summed E-state index contributed by atoms with van der Waals surface area (Å²) >= 11 is 6.41. The molecule has 0 bridgehead atoms. The van der Waals surface area contributed by atoms with E-state index in [2.05, 4.69) is 38.8 Å². The molecule has 0 aliphatic carbocycles. The van der Waals surface area contributed by atoms with Crippen molar-refractivity contribution < 1.29 is 0 Å². The summed E-state index contributed by atoms with van der Waals surface area (Å²) in [5.74, 6) is 0.678. The Morgan fingerprint density at radius 3 is 2.37 bits per heavy atom. The molecule has 3 heteroatoms. The monoisotopic (exact) mass is 282 g/mol. The molecule has 0 aromatic heterocycles. The molecule has 0 spiro atoms. The minimum atomic E-state index is 0.144. The molecule has 0 fully saturated rings. The minimum Gasteiger partial charge on any atom is -0.370 e. The summed E-state index contributed by atoms with van der Waals surface area (Å²) < 4.78 is 0. The highest BCUT2D eigenvalue weighted by molar-refractivity contribution is 6.33. The van der Waals surface area contributed by atoms with E-state index in [1.54, 1.807) is 0 Å². The summed E-state index contributed by atoms with van der Waals surface area (Å²) in [4.78, 5) is 2.29. The summed E-state index contributed by atoms with van der Waals surface area (Å²) in [5, 5.41) is 0.816. The van der Waals surface area contributed by atoms with E-state index in [1.165, 1.54) is 5.56 Å². The van der Waals surface area contributed by atoms with Crippen molar-refractivity contribution in [2.24, 2.45) is 11.7 Å². The lowest BCUT2D eigenvalue weighted by Crippen LogP contribution is -2.32. The van der Waals surface area contributed by atoms with Crippen LogP contribution < -0.4 is 10.6 Å². The second-order valence-electron chi connectivity index (χ2n) is 6.02. The van der Waals surface area contributed by atoms with Crippen LogP contribution in [-0.2, 0) is 6.42 Å². The predicted molar refractivity (Wildman–Crippen MR) is 86.1 cm³/mol. The number of benzene rings is 1. The molecule has 2 unspecified atom stereocenters. The maximum Gasteiger partial charge on any atom is 0.0642 e. The lowest BCUT2D eigenvalue weighted by Gasteiger charge is -2.31. The molecule has 0 heterocycles. The zero-order valence-corrected chi connectivity index (χ0v) is 13.5. The first kappa shape index (κ1) is 16.3. The first-order chi connectivity index (χ1) is 8.82. The molecule has 0 saturated heterocycles. The Balaban J connectivity index is 3.03. The van der Waals surface area contributed by atoms with Crippen LogP contribution in [0.5, 0.6) is 0 Å². The molecule has 0 saturated carbocycles. The Hall–Kier alpha value is -0.730. The first-order valence-electron chi connectivity index (χ1n) is 7.08. The summed E-state index contributed by atoms with van der Waals surface area (Å²) in [6.07, 6.45) is 2.01. The largest absolute Gasteiger partial charge is 0.370 e. The van der Waals surface area contributed by atoms with Gasteiger partial charge in [0.25, 0.3) is 0 Å². The van der Waals surface area contributed by atoms with Crippen molar-refractivity contribution >= 4 is 17.3 Å². The van der Waals surface area contributed by atoms with Gasteiger partial charge in [0.05, 0.1) is 10.7 Å². The van der Waals surface area contributed by atoms with Crippen molar-refractivity contribution in [1.82, 2.24) is 0 Å². The van der Waals surface area contributed by atoms with Gasteiger partial charge in [0.2, 0.25) is 0 Å². The third-order valence-corrected chi connectivity index (χ3v) is 3.74. The van der Waals surface area contributed by atoms with Crippen LogP contribution in [0.4, 0.5) is 5.69 Å². The van der Waals surface area contributed by atoms with Gasteiger partial charge in [0, 0.05) is 19.1 Å². The lowest BCUT2D eigenvalue weighted by molar-refractivity contribution is 0.503. The van der Waals surface area contributed by atoms with Crippen LogP contribution in [0.3, 0.4) is 0 Å². The average Bonchev–Trinajstić information content (AvgIpc) is 2.26. The Kier molecular flexibility index (Phi) is 6.15. The number of nitrogens with two attached hydrogens (primary N) is 1. The van der Waals surface area contributed by atoms with Crippen LogP contribution in [0.15, 0.2) is 18.2 Å². The minimum absolute atomic E-state index is 0.144. The normalized spacial score (nSPS) is 14.5. The van der Waals surface area contributed by atoms with Crippen LogP contribution in [0, 0.1) is 5.92 Å². The fourth-order valence-electron chi connectivity index (χ4n) is 2.53. The molecule has 0 radical (unpaired) electrons. The number of anilines is 1. The molecule has 2 nitrogen and oxygen atoms in total. The molecular weight excluding hydrogens is 256 g/mol. The topological polar surface area (TPSA) is 29.3 Å². The van der Waals surface area contributed by atoms with E-state index in [-0.39, 0.29) is 6.04 Å². The zero-order chi connectivity index (χ0) is 14.6. The average molecular weight is 283 g/mol. The van der Waals surface area contributed by atoms with Crippen LogP contribution in [0.2, 0.25) is 5.02 Å². The van der Waals surface area contributed by atoms with E-state index < -0.39 is 0 Å². The van der Waals surface area contributed by atoms with Crippen molar-refractivity contribution in [3.05, 3.63) is 28.8 Å². The van der Waals surface area contributed by atoms with Gasteiger partial charge in [-0.05, 0) is 44.2 Å². The molecular formula is C16H27ClN2. The van der Waals surface area contributed by atoms with Gasteiger partial charge >= 0.3 is 0 Å². The van der Waals surface area contributed by atoms with Gasteiger partial charge in [-0.15, -0.1) is 0 Å². The molecule has 1 aromatic carbocycles. The SMILES string of the molecule is CC(C)CC(C)N(C)c1c(Cl)cccc1CC(C)N. The molecule has 1 rings (SSSR count). The molecule has 2 N–H and O–H groups in total. The molecule has 0 amide bonds. The van der Waals surface area contributed by atoms with Gasteiger partial charge in [-0.3, -0.25) is 0 Å². The highest BCUT2D eigenvalue weighted by atomic mass is 35.5. The number of hydrogen-bond acceptors (Lipinski definition) is 2. The molecule has 2 atom stereocenters. The quantitative estimate of drug-likeness (QED) is 0.851. The van der Waals surface area contributed by atoms with E-state index in [4.69, 9.17) is 17.3 Å². The van der Waals surface area contributed by atoms with Crippen LogP contribution >= 0.6 is 11.6 Å². The van der Waals surface area contributed by atoms with Gasteiger partial charge in [-0.2, -0.15) is 0 Å². The highest BCUT2D eigenvalue weighted by Gasteiger charge is 2.18. The van der Waals surface area contributed by atoms with E-state index in [0.29, 0.717) is 12.0 Å². The Labute approximate surface area is 122 Å². The number of para-hydroxylation sites is 1. The van der Waals surface area contributed by atoms with Crippen LogP contribution in [0.1, 0.15) is 39.7 Å². The lowest BCUT2D eigenvalue weighted by atomic mass is 10.0. The third kappa shape index (κ3) is 4.70. The summed E-state index contributed by atoms with van der Waals surface area (Å²) in [7, 11) is 2.12. The summed E-state index contributed by atoms with van der Waals surface area (Å²) in [5.41, 5.74) is 8.31. The Morgan fingerprint density at radius 2 is 1.84 bits per heavy atom. The second kappa shape index (κ2) is 7.16. The molecule has 0 aliphatic rings. The second-order valence-corrected chi connectivity index (χ2v) is 6.43. The van der Waals surface area contributed by atoms with Crippen LogP contribution in [0.25, 0.3) is 0 Å². The van der Waals surface area contributed by atoms with E-state index in [0.717, 1.165) is 23.6 Å². The summed E-state index contributed by atoms with van der Waals surface area (Å²) in [6.45, 7) is 8.78. The predicted octanol–water partition coefficient (Wildman–Crippen LogP) is 4.10. The highest BCUT2D eigenvalue weighted by Crippen LogP contribution is 2.32. The van der Waals surface area contributed by atoms with Gasteiger partial charge in [0.15, 0.2) is 0 Å². The third-order valence-electron chi connectivity index (χ3n) is 3.44. The standard InChI is InChI=1S/C16H27ClN2/c1-11(2)9-13(4)19(5)16-14(10-12(3)18)7-6-8-15(16)17/h6-8,11-13H,9-10,18H2,1-5H3. The van der Waals surface area contributed by atoms with E-state index >= 15 is 0 Å². The van der Waals surface area contributed by atoms with Crippen molar-refractivity contribution in [1.29, 1.82) is 0 Å². The maximum absolute atomic E-state index is 6.41. The van der Waals surface area contributed by atoms with Crippen molar-refractivity contribution in [3.63, 3.8) is 0 Å². The summed E-state index contributed by atoms with van der Waals surface area (Å²) in [6, 6.07) is 6.70. The molecule has 0 aliphatic heterocycles. The number of hydrogen-bond donors (Lipinski definition) is 1. The van der Waals surface area contributed by atoms with Crippen molar-refractivity contribution in [2.45, 2.75) is 52.6 Å². The van der Waals surface area contributed by atoms with Gasteiger partial charge < -0.3 is 10.6 Å². The molecule has 108 valence electrons. The fraction of sp³-hybridized carbons (Fsp3) is 0.625. The van der Waals surface area contributed by atoms with Gasteiger partial charge in [0.1, 0.15) is 0 Å². The van der Waals surface area contributed by atoms with E-state index in [9.17, 15) is 0 Å². The number of rotatable bonds is 6. The number of halogens is 1. The molecule has 1 aromatic rings. The molecule has 19 heavy (non-hydrogen) atoms. The van der Waals surface area contributed by atoms with Gasteiger partial charge in [-0.1, -0.05) is 37.6 Å². The van der Waals surface area contributed by atoms with Crippen molar-refractivity contribution in [2.75, 3.05) is 11.9 Å². The zero-order valence-electron chi connectivity index (χ0n) is 12.8. The number of nitrogens with zero attached hydrogens (tertiary/aromatic N) is 1. The maximum atomic E-state index is 6.41. The van der Waals surface area contributed by atoms with Crippen LogP contribution in [-0.4, -0.2) is 19.1 Å². The van der Waals surface area contributed by atoms with E-state index in [1.807, 2.05) is 19.1 Å². The Morgan fingerprint density at radius 1 is 1.21 bits per heavy atom. The fourth-order valence-corrected chi connectivity index (χ4v) is 2.85. The smallest absolute Gasteiger partial charge is 0.0642 e. The van der Waals surface area contributed by atoms with Crippen molar-refractivity contribution in [3.8, 4) is 0 Å². The Bertz CT molecular complexity index is 402.